The molecule has 9 heteroatoms. The summed E-state index contributed by atoms with van der Waals surface area (Å²) in [6, 6.07) is 15.5. The molecule has 1 saturated heterocycles. The van der Waals surface area contributed by atoms with Gasteiger partial charge < -0.3 is 20.1 Å². The Balaban J connectivity index is 1.43. The predicted octanol–water partition coefficient (Wildman–Crippen LogP) is 5.37. The van der Waals surface area contributed by atoms with Crippen molar-refractivity contribution < 1.29 is 14.3 Å². The molecule has 1 fully saturated rings. The molecule has 2 aromatic heterocycles. The van der Waals surface area contributed by atoms with E-state index in [2.05, 4.69) is 15.6 Å². The minimum absolute atomic E-state index is 0.143. The van der Waals surface area contributed by atoms with Gasteiger partial charge in [0.25, 0.3) is 5.91 Å². The Morgan fingerprint density at radius 2 is 2.00 bits per heavy atom. The normalized spacial score (nSPS) is 15.2. The second kappa shape index (κ2) is 10.3. The first-order valence-corrected chi connectivity index (χ1v) is 12.9. The largest absolute Gasteiger partial charge is 0.489 e. The van der Waals surface area contributed by atoms with Gasteiger partial charge in [0.15, 0.2) is 0 Å². The zero-order valence-electron chi connectivity index (χ0n) is 19.6. The summed E-state index contributed by atoms with van der Waals surface area (Å²) in [5.41, 5.74) is 2.65. The van der Waals surface area contributed by atoms with Crippen LogP contribution in [0.2, 0.25) is 5.02 Å². The fourth-order valence-corrected chi connectivity index (χ4v) is 5.60. The number of para-hydroxylation sites is 2. The second-order valence-electron chi connectivity index (χ2n) is 8.45. The number of amides is 1. The molecule has 1 atom stereocenters. The summed E-state index contributed by atoms with van der Waals surface area (Å²) in [6.45, 7) is 3.81. The Hall–Kier alpha value is -3.07. The third kappa shape index (κ3) is 4.87. The topological polar surface area (TPSA) is 77.4 Å². The fourth-order valence-electron chi connectivity index (χ4n) is 4.25. The predicted molar refractivity (Wildman–Crippen MR) is 139 cm³/mol. The summed E-state index contributed by atoms with van der Waals surface area (Å²) in [7, 11) is 1.61. The van der Waals surface area contributed by atoms with Crippen LogP contribution in [0.3, 0.4) is 0 Å². The molecule has 0 aliphatic carbocycles. The van der Waals surface area contributed by atoms with Crippen LogP contribution in [0, 0.1) is 0 Å². The number of hydrogen-bond acceptors (Lipinski definition) is 6. The molecule has 7 nitrogen and oxygen atoms in total. The number of nitrogens with zero attached hydrogens (tertiary/aromatic N) is 2. The highest BCUT2D eigenvalue weighted by molar-refractivity contribution is 7.16. The van der Waals surface area contributed by atoms with Crippen LogP contribution in [0.1, 0.15) is 41.1 Å². The van der Waals surface area contributed by atoms with Gasteiger partial charge in [-0.2, -0.15) is 0 Å². The Bertz CT molecular complexity index is 1350. The molecule has 182 valence electrons. The van der Waals surface area contributed by atoms with Gasteiger partial charge in [-0.05, 0) is 51.1 Å². The van der Waals surface area contributed by atoms with E-state index in [1.165, 1.54) is 11.3 Å². The molecule has 0 spiro atoms. The van der Waals surface area contributed by atoms with Crippen LogP contribution in [0.5, 0.6) is 11.5 Å². The van der Waals surface area contributed by atoms with Gasteiger partial charge >= 0.3 is 0 Å². The molecule has 1 amide bonds. The Kier molecular flexibility index (Phi) is 6.95. The summed E-state index contributed by atoms with van der Waals surface area (Å²) in [5, 5.41) is 7.43. The number of hydrogen-bond donors (Lipinski definition) is 2. The van der Waals surface area contributed by atoms with Gasteiger partial charge in [-0.3, -0.25) is 9.36 Å². The average molecular weight is 511 g/mol. The maximum Gasteiger partial charge on any atom is 0.264 e. The lowest BCUT2D eigenvalue weighted by molar-refractivity contribution is 0.0961. The van der Waals surface area contributed by atoms with E-state index < -0.39 is 6.10 Å². The van der Waals surface area contributed by atoms with E-state index in [9.17, 15) is 4.79 Å². The highest BCUT2D eigenvalue weighted by Crippen LogP contribution is 2.39. The van der Waals surface area contributed by atoms with Gasteiger partial charge in [0.05, 0.1) is 16.1 Å². The fraction of sp³-hybridized carbons (Fsp3) is 0.308. The van der Waals surface area contributed by atoms with Crippen LogP contribution in [-0.2, 0) is 0 Å². The van der Waals surface area contributed by atoms with E-state index >= 15 is 0 Å². The van der Waals surface area contributed by atoms with Crippen LogP contribution in [0.15, 0.2) is 54.9 Å². The molecule has 1 aliphatic rings. The number of benzene rings is 2. The van der Waals surface area contributed by atoms with Crippen molar-refractivity contribution in [2.75, 3.05) is 20.1 Å². The van der Waals surface area contributed by atoms with Gasteiger partial charge in [0.1, 0.15) is 39.9 Å². The standard InChI is InChI=1S/C26H27ClN4O3S/c1-16(18-6-5-9-21(24(18)27)34-17-10-12-29-13-11-17)33-22-14-23(35-25(22)26(32)28-2)31-15-30-19-7-3-4-8-20(19)31/h3-9,14-17,29H,10-13H2,1-2H3,(H,28,32). The molecule has 2 N–H and O–H groups in total. The maximum atomic E-state index is 12.7. The number of nitrogens with one attached hydrogen (secondary N) is 2. The van der Waals surface area contributed by atoms with E-state index in [4.69, 9.17) is 21.1 Å². The quantitative estimate of drug-likeness (QED) is 0.349. The number of carbonyl (C=O) groups is 1. The third-order valence-corrected chi connectivity index (χ3v) is 7.64. The molecule has 4 aromatic rings. The molecular formula is C26H27ClN4O3S. The molecule has 3 heterocycles. The zero-order chi connectivity index (χ0) is 24.4. The SMILES string of the molecule is CNC(=O)c1sc(-n2cnc3ccccc32)cc1OC(C)c1cccc(OC2CCNCC2)c1Cl. The van der Waals surface area contributed by atoms with Crippen molar-refractivity contribution in [1.82, 2.24) is 20.2 Å². The molecule has 1 unspecified atom stereocenters. The first kappa shape index (κ1) is 23.7. The van der Waals surface area contributed by atoms with E-state index in [-0.39, 0.29) is 12.0 Å². The van der Waals surface area contributed by atoms with Crippen molar-refractivity contribution >= 4 is 39.9 Å². The smallest absolute Gasteiger partial charge is 0.264 e. The highest BCUT2D eigenvalue weighted by Gasteiger charge is 2.23. The van der Waals surface area contributed by atoms with Gasteiger partial charge in [-0.25, -0.2) is 4.98 Å². The van der Waals surface area contributed by atoms with Crippen molar-refractivity contribution in [1.29, 1.82) is 0 Å². The lowest BCUT2D eigenvalue weighted by Crippen LogP contribution is -2.34. The summed E-state index contributed by atoms with van der Waals surface area (Å²) in [6.07, 6.45) is 3.40. The van der Waals surface area contributed by atoms with Crippen LogP contribution < -0.4 is 20.1 Å². The second-order valence-corrected chi connectivity index (χ2v) is 9.86. The molecular weight excluding hydrogens is 484 g/mol. The number of fused-ring (bicyclic) bond motifs is 1. The van der Waals surface area contributed by atoms with Crippen LogP contribution in [-0.4, -0.2) is 41.7 Å². The molecule has 0 radical (unpaired) electrons. The third-order valence-electron chi connectivity index (χ3n) is 6.12. The molecule has 0 bridgehead atoms. The van der Waals surface area contributed by atoms with Crippen molar-refractivity contribution in [3.05, 3.63) is 70.3 Å². The first-order valence-electron chi connectivity index (χ1n) is 11.7. The summed E-state index contributed by atoms with van der Waals surface area (Å²) >= 11 is 8.12. The van der Waals surface area contributed by atoms with E-state index in [0.717, 1.165) is 47.5 Å². The maximum absolute atomic E-state index is 12.7. The monoisotopic (exact) mass is 510 g/mol. The number of imidazole rings is 1. The van der Waals surface area contributed by atoms with E-state index in [0.29, 0.717) is 21.4 Å². The number of halogens is 1. The summed E-state index contributed by atoms with van der Waals surface area (Å²) < 4.78 is 14.5. The van der Waals surface area contributed by atoms with Crippen LogP contribution in [0.4, 0.5) is 0 Å². The number of carbonyl (C=O) groups excluding carboxylic acids is 1. The molecule has 2 aromatic carbocycles. The minimum atomic E-state index is -0.399. The number of piperidine rings is 1. The van der Waals surface area contributed by atoms with Gasteiger partial charge in [-0.1, -0.05) is 35.9 Å². The number of rotatable bonds is 7. The van der Waals surface area contributed by atoms with E-state index in [1.807, 2.05) is 60.0 Å². The van der Waals surface area contributed by atoms with Crippen molar-refractivity contribution in [2.24, 2.45) is 0 Å². The lowest BCUT2D eigenvalue weighted by Gasteiger charge is -2.25. The molecule has 35 heavy (non-hydrogen) atoms. The zero-order valence-corrected chi connectivity index (χ0v) is 21.2. The Morgan fingerprint density at radius 1 is 1.20 bits per heavy atom. The Labute approximate surface area is 213 Å². The van der Waals surface area contributed by atoms with Gasteiger partial charge in [-0.15, -0.1) is 11.3 Å². The van der Waals surface area contributed by atoms with Crippen molar-refractivity contribution in [3.8, 4) is 16.5 Å². The number of aromatic nitrogens is 2. The van der Waals surface area contributed by atoms with E-state index in [1.54, 1.807) is 13.4 Å². The average Bonchev–Trinajstić information content (AvgIpc) is 3.49. The number of ether oxygens (including phenoxy) is 2. The molecule has 0 saturated carbocycles. The Morgan fingerprint density at radius 3 is 2.80 bits per heavy atom. The van der Waals surface area contributed by atoms with Gasteiger partial charge in [0, 0.05) is 18.7 Å². The van der Waals surface area contributed by atoms with Crippen molar-refractivity contribution in [2.45, 2.75) is 32.0 Å². The minimum Gasteiger partial charge on any atom is -0.489 e. The molecule has 5 rings (SSSR count). The first-order chi connectivity index (χ1) is 17.0. The van der Waals surface area contributed by atoms with Crippen LogP contribution >= 0.6 is 22.9 Å². The van der Waals surface area contributed by atoms with Gasteiger partial charge in [0.2, 0.25) is 0 Å². The summed E-state index contributed by atoms with van der Waals surface area (Å²) in [4.78, 5) is 17.6. The number of thiophene rings is 1. The molecule has 1 aliphatic heterocycles. The lowest BCUT2D eigenvalue weighted by atomic mass is 10.1. The summed E-state index contributed by atoms with van der Waals surface area (Å²) in [5.74, 6) is 0.950. The van der Waals surface area contributed by atoms with Crippen LogP contribution in [0.25, 0.3) is 16.0 Å². The van der Waals surface area contributed by atoms with Crippen molar-refractivity contribution in [3.63, 3.8) is 0 Å². The highest BCUT2D eigenvalue weighted by atomic mass is 35.5.